The lowest BCUT2D eigenvalue weighted by Gasteiger charge is -2.26. The zero-order valence-electron chi connectivity index (χ0n) is 15.6. The molecule has 0 aromatic heterocycles. The Labute approximate surface area is 149 Å². The van der Waals surface area contributed by atoms with Crippen molar-refractivity contribution in [3.8, 4) is 0 Å². The maximum atomic E-state index is 12.5. The fourth-order valence-electron chi connectivity index (χ4n) is 2.47. The molecule has 1 rings (SSSR count). The number of ether oxygens (including phenoxy) is 2. The first-order valence-corrected chi connectivity index (χ1v) is 8.14. The molecular formula is C21H26O4. The number of carbonyl (C=O) groups excluding carboxylic acids is 2. The Hall–Kier alpha value is -2.58. The Morgan fingerprint density at radius 1 is 1.00 bits per heavy atom. The summed E-state index contributed by atoms with van der Waals surface area (Å²) in [7, 11) is 2.55. The van der Waals surface area contributed by atoms with Gasteiger partial charge in [-0.05, 0) is 56.4 Å². The molecule has 0 atom stereocenters. The van der Waals surface area contributed by atoms with Crippen molar-refractivity contribution < 1.29 is 19.1 Å². The normalized spacial score (nSPS) is 11.3. The van der Waals surface area contributed by atoms with Gasteiger partial charge in [0.25, 0.3) is 0 Å². The number of hydrogen-bond acceptors (Lipinski definition) is 4. The third kappa shape index (κ3) is 5.47. The van der Waals surface area contributed by atoms with Crippen LogP contribution in [-0.4, -0.2) is 26.2 Å². The van der Waals surface area contributed by atoms with Gasteiger partial charge in [-0.3, -0.25) is 9.59 Å². The van der Waals surface area contributed by atoms with E-state index in [4.69, 9.17) is 9.47 Å². The molecule has 1 aromatic rings. The summed E-state index contributed by atoms with van der Waals surface area (Å²) in [6, 6.07) is 9.78. The molecule has 0 aliphatic heterocycles. The molecule has 4 heteroatoms. The van der Waals surface area contributed by atoms with Crippen LogP contribution in [0.1, 0.15) is 39.2 Å². The Kier molecular flexibility index (Phi) is 7.90. The molecule has 0 amide bonds. The second-order valence-corrected chi connectivity index (χ2v) is 6.08. The number of benzene rings is 1. The number of esters is 2. The summed E-state index contributed by atoms with van der Waals surface area (Å²) >= 11 is 0. The predicted molar refractivity (Wildman–Crippen MR) is 98.7 cm³/mol. The summed E-state index contributed by atoms with van der Waals surface area (Å²) in [4.78, 5) is 24.9. The van der Waals surface area contributed by atoms with Gasteiger partial charge in [-0.25, -0.2) is 0 Å². The van der Waals surface area contributed by atoms with E-state index in [0.717, 1.165) is 16.7 Å². The third-order valence-electron chi connectivity index (χ3n) is 3.98. The van der Waals surface area contributed by atoms with Gasteiger partial charge in [0.05, 0.1) is 14.2 Å². The molecule has 0 aliphatic carbocycles. The van der Waals surface area contributed by atoms with Gasteiger partial charge in [-0.2, -0.15) is 0 Å². The number of methoxy groups -OCH3 is 2. The molecule has 0 saturated carbocycles. The quantitative estimate of drug-likeness (QED) is 0.420. The fraction of sp³-hybridized carbons (Fsp3) is 0.381. The first kappa shape index (κ1) is 20.5. The minimum Gasteiger partial charge on any atom is -0.468 e. The number of allylic oxidation sites excluding steroid dienone is 3. The highest BCUT2D eigenvalue weighted by atomic mass is 16.5. The van der Waals surface area contributed by atoms with Crippen LogP contribution in [-0.2, 0) is 19.1 Å². The SMILES string of the molecule is COC(=O)C(CC=C=C(C)C)(C/C=C(\C)c1ccccc1)C(=O)OC. The van der Waals surface area contributed by atoms with Crippen LogP contribution in [0.4, 0.5) is 0 Å². The van der Waals surface area contributed by atoms with Crippen molar-refractivity contribution in [1.29, 1.82) is 0 Å². The smallest absolute Gasteiger partial charge is 0.323 e. The van der Waals surface area contributed by atoms with Gasteiger partial charge in [-0.1, -0.05) is 36.4 Å². The molecule has 0 unspecified atom stereocenters. The summed E-state index contributed by atoms with van der Waals surface area (Å²) in [6.45, 7) is 5.74. The van der Waals surface area contributed by atoms with E-state index >= 15 is 0 Å². The number of rotatable bonds is 7. The van der Waals surface area contributed by atoms with Gasteiger partial charge in [0.2, 0.25) is 0 Å². The summed E-state index contributed by atoms with van der Waals surface area (Å²) in [5.74, 6) is -1.22. The molecule has 4 nitrogen and oxygen atoms in total. The number of hydrogen-bond donors (Lipinski definition) is 0. The lowest BCUT2D eigenvalue weighted by atomic mass is 9.80. The molecule has 0 radical (unpaired) electrons. The van der Waals surface area contributed by atoms with Crippen molar-refractivity contribution in [3.63, 3.8) is 0 Å². The fourth-order valence-corrected chi connectivity index (χ4v) is 2.47. The zero-order chi connectivity index (χ0) is 18.9. The summed E-state index contributed by atoms with van der Waals surface area (Å²) in [5, 5.41) is 0. The van der Waals surface area contributed by atoms with E-state index in [1.807, 2.05) is 57.2 Å². The highest BCUT2D eigenvalue weighted by Crippen LogP contribution is 2.33. The molecular weight excluding hydrogens is 316 g/mol. The topological polar surface area (TPSA) is 52.6 Å². The molecule has 134 valence electrons. The second kappa shape index (κ2) is 9.65. The van der Waals surface area contributed by atoms with Gasteiger partial charge in [0.1, 0.15) is 0 Å². The second-order valence-electron chi connectivity index (χ2n) is 6.08. The van der Waals surface area contributed by atoms with Gasteiger partial charge in [-0.15, -0.1) is 5.73 Å². The highest BCUT2D eigenvalue weighted by molar-refractivity contribution is 6.00. The first-order valence-electron chi connectivity index (χ1n) is 8.14. The highest BCUT2D eigenvalue weighted by Gasteiger charge is 2.46. The number of carbonyl (C=O) groups is 2. The van der Waals surface area contributed by atoms with Crippen molar-refractivity contribution in [2.24, 2.45) is 5.41 Å². The van der Waals surface area contributed by atoms with Crippen LogP contribution in [0.15, 0.2) is 53.8 Å². The maximum Gasteiger partial charge on any atom is 0.323 e. The van der Waals surface area contributed by atoms with Crippen molar-refractivity contribution in [1.82, 2.24) is 0 Å². The Bertz CT molecular complexity index is 672. The van der Waals surface area contributed by atoms with Crippen LogP contribution in [0.2, 0.25) is 0 Å². The van der Waals surface area contributed by atoms with E-state index in [1.54, 1.807) is 6.08 Å². The third-order valence-corrected chi connectivity index (χ3v) is 3.98. The van der Waals surface area contributed by atoms with Crippen LogP contribution in [0, 0.1) is 5.41 Å². The monoisotopic (exact) mass is 342 g/mol. The maximum absolute atomic E-state index is 12.5. The molecule has 25 heavy (non-hydrogen) atoms. The summed E-state index contributed by atoms with van der Waals surface area (Å²) < 4.78 is 9.82. The molecule has 0 bridgehead atoms. The Morgan fingerprint density at radius 3 is 2.04 bits per heavy atom. The van der Waals surface area contributed by atoms with Crippen molar-refractivity contribution >= 4 is 17.5 Å². The van der Waals surface area contributed by atoms with Crippen LogP contribution < -0.4 is 0 Å². The Morgan fingerprint density at radius 2 is 1.56 bits per heavy atom. The van der Waals surface area contributed by atoms with Crippen molar-refractivity contribution in [2.45, 2.75) is 33.6 Å². The first-order chi connectivity index (χ1) is 11.9. The van der Waals surface area contributed by atoms with Gasteiger partial charge in [0.15, 0.2) is 5.41 Å². The standard InChI is InChI=1S/C21H26O4/c1-16(2)10-9-14-21(19(22)24-4,20(23)25-5)15-13-17(3)18-11-7-6-8-12-18/h6-9,11-13H,14-15H2,1-5H3/b17-13+. The predicted octanol–water partition coefficient (Wildman–Crippen LogP) is 4.32. The average Bonchev–Trinajstić information content (AvgIpc) is 2.63. The van der Waals surface area contributed by atoms with Crippen LogP contribution in [0.25, 0.3) is 5.57 Å². The molecule has 0 saturated heterocycles. The molecule has 0 N–H and O–H groups in total. The van der Waals surface area contributed by atoms with Crippen molar-refractivity contribution in [2.75, 3.05) is 14.2 Å². The van der Waals surface area contributed by atoms with E-state index in [0.29, 0.717) is 0 Å². The minimum absolute atomic E-state index is 0.163. The van der Waals surface area contributed by atoms with Crippen LogP contribution >= 0.6 is 0 Å². The summed E-state index contributed by atoms with van der Waals surface area (Å²) in [6.07, 6.45) is 3.92. The van der Waals surface area contributed by atoms with E-state index in [1.165, 1.54) is 14.2 Å². The van der Waals surface area contributed by atoms with Crippen molar-refractivity contribution in [3.05, 3.63) is 59.4 Å². The minimum atomic E-state index is -1.41. The van der Waals surface area contributed by atoms with E-state index in [-0.39, 0.29) is 12.8 Å². The summed E-state index contributed by atoms with van der Waals surface area (Å²) in [5.41, 5.74) is 4.59. The Balaban J connectivity index is 3.26. The van der Waals surface area contributed by atoms with E-state index in [2.05, 4.69) is 5.73 Å². The van der Waals surface area contributed by atoms with Gasteiger partial charge in [0, 0.05) is 0 Å². The van der Waals surface area contributed by atoms with Crippen LogP contribution in [0.5, 0.6) is 0 Å². The van der Waals surface area contributed by atoms with E-state index < -0.39 is 17.4 Å². The molecule has 0 heterocycles. The largest absolute Gasteiger partial charge is 0.468 e. The molecule has 0 fully saturated rings. The van der Waals surface area contributed by atoms with Gasteiger partial charge >= 0.3 is 11.9 Å². The average molecular weight is 342 g/mol. The lowest BCUT2D eigenvalue weighted by molar-refractivity contribution is -0.168. The molecule has 1 aromatic carbocycles. The van der Waals surface area contributed by atoms with Gasteiger partial charge < -0.3 is 9.47 Å². The van der Waals surface area contributed by atoms with Crippen LogP contribution in [0.3, 0.4) is 0 Å². The molecule has 0 aliphatic rings. The lowest BCUT2D eigenvalue weighted by Crippen LogP contribution is -2.40. The van der Waals surface area contributed by atoms with E-state index in [9.17, 15) is 9.59 Å². The molecule has 0 spiro atoms. The zero-order valence-corrected chi connectivity index (χ0v) is 15.6.